The molecule has 1 aromatic rings. The summed E-state index contributed by atoms with van der Waals surface area (Å²) < 4.78 is 35.3. The fourth-order valence-electron chi connectivity index (χ4n) is 5.50. The van der Waals surface area contributed by atoms with Crippen molar-refractivity contribution < 1.29 is 13.2 Å². The smallest absolute Gasteiger partial charge is 0.281 e. The van der Waals surface area contributed by atoms with Gasteiger partial charge in [-0.3, -0.25) is 4.90 Å². The van der Waals surface area contributed by atoms with Gasteiger partial charge in [0.2, 0.25) is 0 Å². The lowest BCUT2D eigenvalue weighted by atomic mass is 9.88. The molecule has 0 unspecified atom stereocenters. The van der Waals surface area contributed by atoms with E-state index < -0.39 is 10.2 Å². The first kappa shape index (κ1) is 23.0. The highest BCUT2D eigenvalue weighted by atomic mass is 35.5. The number of likely N-dealkylation sites (tertiary alicyclic amines) is 1. The number of fused-ring (bicyclic) bond motifs is 1. The Hall–Kier alpha value is -0.700. The van der Waals surface area contributed by atoms with Crippen molar-refractivity contribution in [1.82, 2.24) is 13.5 Å². The summed E-state index contributed by atoms with van der Waals surface area (Å²) in [5.74, 6) is 1.26. The minimum Gasteiger partial charge on any atom is -0.384 e. The number of rotatable bonds is 5. The molecule has 3 heterocycles. The van der Waals surface area contributed by atoms with Crippen LogP contribution in [-0.2, 0) is 14.9 Å². The summed E-state index contributed by atoms with van der Waals surface area (Å²) in [5.41, 5.74) is 2.64. The van der Waals surface area contributed by atoms with E-state index in [9.17, 15) is 8.42 Å². The van der Waals surface area contributed by atoms with Gasteiger partial charge in [0.25, 0.3) is 10.2 Å². The van der Waals surface area contributed by atoms with Crippen molar-refractivity contribution in [3.05, 3.63) is 35.4 Å². The molecule has 0 spiro atoms. The maximum Gasteiger partial charge on any atom is 0.281 e. The molecule has 164 valence electrons. The topological polar surface area (TPSA) is 53.1 Å². The van der Waals surface area contributed by atoms with Crippen LogP contribution in [0.2, 0.25) is 0 Å². The molecule has 0 aromatic heterocycles. The van der Waals surface area contributed by atoms with Crippen molar-refractivity contribution >= 4 is 22.6 Å². The number of aryl methyl sites for hydroxylation is 1. The summed E-state index contributed by atoms with van der Waals surface area (Å²) >= 11 is 0. The first-order valence-electron chi connectivity index (χ1n) is 10.4. The zero-order valence-corrected chi connectivity index (χ0v) is 19.3. The third-order valence-corrected chi connectivity index (χ3v) is 8.97. The highest BCUT2D eigenvalue weighted by molar-refractivity contribution is 7.86. The largest absolute Gasteiger partial charge is 0.384 e. The predicted molar refractivity (Wildman–Crippen MR) is 117 cm³/mol. The minimum absolute atomic E-state index is 0. The summed E-state index contributed by atoms with van der Waals surface area (Å²) in [6.45, 7) is 6.36. The molecule has 8 heteroatoms. The fraction of sp³-hybridized carbons (Fsp3) is 0.714. The van der Waals surface area contributed by atoms with Crippen molar-refractivity contribution in [3.8, 4) is 0 Å². The van der Waals surface area contributed by atoms with Gasteiger partial charge in [-0.15, -0.1) is 12.4 Å². The van der Waals surface area contributed by atoms with Gasteiger partial charge in [-0.25, -0.2) is 0 Å². The number of hydrogen-bond acceptors (Lipinski definition) is 4. The molecule has 3 aliphatic rings. The Morgan fingerprint density at radius 1 is 1.07 bits per heavy atom. The molecule has 0 amide bonds. The number of piperidine rings is 1. The second-order valence-corrected chi connectivity index (χ2v) is 10.7. The van der Waals surface area contributed by atoms with Gasteiger partial charge in [-0.05, 0) is 55.7 Å². The van der Waals surface area contributed by atoms with Crippen LogP contribution < -0.4 is 0 Å². The highest BCUT2D eigenvalue weighted by Crippen LogP contribution is 2.45. The number of benzene rings is 1. The number of methoxy groups -OCH3 is 1. The average Bonchev–Trinajstić information content (AvgIpc) is 3.21. The molecule has 29 heavy (non-hydrogen) atoms. The molecule has 0 radical (unpaired) electrons. The zero-order valence-electron chi connectivity index (χ0n) is 17.7. The number of halogens is 1. The molecule has 6 nitrogen and oxygen atoms in total. The standard InChI is InChI=1S/C21H33N3O3S.ClH/c1-16-6-4-5-7-19(16)21-20-14-24(13-18(20)12-22(21)2)28(25,26)23-10-8-17(9-11-23)15-27-3;/h4-7,17-18,20-21H,8-15H2,1-3H3;1H/t18-,20+,21-;/m0./s1. The maximum absolute atomic E-state index is 13.3. The Bertz CT molecular complexity index is 798. The molecule has 0 N–H and O–H groups in total. The molecule has 3 fully saturated rings. The van der Waals surface area contributed by atoms with Gasteiger partial charge in [-0.1, -0.05) is 24.3 Å². The normalized spacial score (nSPS) is 29.7. The molecule has 0 saturated carbocycles. The van der Waals surface area contributed by atoms with Gasteiger partial charge in [0.15, 0.2) is 0 Å². The van der Waals surface area contributed by atoms with Gasteiger partial charge in [0.1, 0.15) is 0 Å². The molecule has 1 aromatic carbocycles. The van der Waals surface area contributed by atoms with Gasteiger partial charge < -0.3 is 4.74 Å². The minimum atomic E-state index is -3.37. The monoisotopic (exact) mass is 443 g/mol. The summed E-state index contributed by atoms with van der Waals surface area (Å²) in [5, 5.41) is 0. The highest BCUT2D eigenvalue weighted by Gasteiger charge is 2.50. The van der Waals surface area contributed by atoms with Crippen molar-refractivity contribution in [3.63, 3.8) is 0 Å². The summed E-state index contributed by atoms with van der Waals surface area (Å²) in [6, 6.07) is 8.83. The quantitative estimate of drug-likeness (QED) is 0.701. The van der Waals surface area contributed by atoms with E-state index >= 15 is 0 Å². The van der Waals surface area contributed by atoms with Crippen LogP contribution >= 0.6 is 12.4 Å². The molecule has 3 saturated heterocycles. The average molecular weight is 444 g/mol. The maximum atomic E-state index is 13.3. The molecule has 4 rings (SSSR count). The van der Waals surface area contributed by atoms with E-state index in [-0.39, 0.29) is 12.4 Å². The van der Waals surface area contributed by atoms with Gasteiger partial charge in [-0.2, -0.15) is 17.0 Å². The van der Waals surface area contributed by atoms with E-state index in [1.54, 1.807) is 15.7 Å². The lowest BCUT2D eigenvalue weighted by Crippen LogP contribution is -2.47. The van der Waals surface area contributed by atoms with Gasteiger partial charge in [0, 0.05) is 52.5 Å². The van der Waals surface area contributed by atoms with Crippen molar-refractivity contribution in [2.45, 2.75) is 25.8 Å². The fourth-order valence-corrected chi connectivity index (χ4v) is 7.24. The van der Waals surface area contributed by atoms with E-state index in [0.29, 0.717) is 50.0 Å². The van der Waals surface area contributed by atoms with Crippen LogP contribution in [0.4, 0.5) is 0 Å². The molecule has 3 aliphatic heterocycles. The van der Waals surface area contributed by atoms with E-state index in [1.165, 1.54) is 11.1 Å². The first-order chi connectivity index (χ1) is 13.4. The molecule has 0 aliphatic carbocycles. The summed E-state index contributed by atoms with van der Waals surface area (Å²) in [7, 11) is 0.524. The zero-order chi connectivity index (χ0) is 19.9. The molecular weight excluding hydrogens is 410 g/mol. The first-order valence-corrected chi connectivity index (χ1v) is 11.8. The van der Waals surface area contributed by atoms with Crippen LogP contribution in [0.25, 0.3) is 0 Å². The van der Waals surface area contributed by atoms with Crippen LogP contribution in [0.1, 0.15) is 30.0 Å². The van der Waals surface area contributed by atoms with Crippen molar-refractivity contribution in [2.24, 2.45) is 17.8 Å². The Balaban J connectivity index is 0.00000240. The Kier molecular flexibility index (Phi) is 7.29. The van der Waals surface area contributed by atoms with Crippen LogP contribution in [-0.4, -0.2) is 75.4 Å². The molecule has 0 bridgehead atoms. The van der Waals surface area contributed by atoms with E-state index in [1.807, 2.05) is 0 Å². The summed E-state index contributed by atoms with van der Waals surface area (Å²) in [6.07, 6.45) is 1.78. The SMILES string of the molecule is COCC1CCN(S(=O)(=O)N2C[C@@H]3CN(C)[C@@H](c4ccccc4C)[C@@H]3C2)CC1.Cl. The lowest BCUT2D eigenvalue weighted by Gasteiger charge is -2.34. The number of nitrogens with zero attached hydrogens (tertiary/aromatic N) is 3. The second-order valence-electron chi connectivity index (χ2n) is 8.79. The number of hydrogen-bond donors (Lipinski definition) is 0. The predicted octanol–water partition coefficient (Wildman–Crippen LogP) is 2.55. The Labute approximate surface area is 181 Å². The van der Waals surface area contributed by atoms with E-state index in [2.05, 4.69) is 43.1 Å². The van der Waals surface area contributed by atoms with Crippen molar-refractivity contribution in [1.29, 1.82) is 0 Å². The molecule has 3 atom stereocenters. The van der Waals surface area contributed by atoms with Crippen LogP contribution in [0.5, 0.6) is 0 Å². The lowest BCUT2D eigenvalue weighted by molar-refractivity contribution is 0.119. The van der Waals surface area contributed by atoms with E-state index in [4.69, 9.17) is 4.74 Å². The molecular formula is C21H34ClN3O3S. The van der Waals surface area contributed by atoms with Crippen LogP contribution in [0.3, 0.4) is 0 Å². The van der Waals surface area contributed by atoms with Crippen LogP contribution in [0, 0.1) is 24.7 Å². The van der Waals surface area contributed by atoms with Gasteiger partial charge >= 0.3 is 0 Å². The van der Waals surface area contributed by atoms with Crippen molar-refractivity contribution in [2.75, 3.05) is 53.5 Å². The Morgan fingerprint density at radius 3 is 2.41 bits per heavy atom. The summed E-state index contributed by atoms with van der Waals surface area (Å²) in [4.78, 5) is 2.41. The third kappa shape index (κ3) is 4.36. The van der Waals surface area contributed by atoms with Gasteiger partial charge in [0.05, 0.1) is 0 Å². The second kappa shape index (κ2) is 9.20. The number of ether oxygens (including phenoxy) is 1. The van der Waals surface area contributed by atoms with Crippen LogP contribution in [0.15, 0.2) is 24.3 Å². The van der Waals surface area contributed by atoms with E-state index in [0.717, 1.165) is 26.0 Å². The Morgan fingerprint density at radius 2 is 1.76 bits per heavy atom. The third-order valence-electron chi connectivity index (χ3n) is 7.00.